The maximum Gasteiger partial charge on any atom is 0.323 e. The first-order valence-electron chi connectivity index (χ1n) is 5.37. The zero-order valence-electron chi connectivity index (χ0n) is 10.5. The lowest BCUT2D eigenvalue weighted by atomic mass is 10.3. The summed E-state index contributed by atoms with van der Waals surface area (Å²) in [5.41, 5.74) is 0.00241. The van der Waals surface area contributed by atoms with Crippen LogP contribution in [0.4, 0.5) is 10.1 Å². The van der Waals surface area contributed by atoms with Crippen molar-refractivity contribution in [3.8, 4) is 5.75 Å². The second kappa shape index (κ2) is 6.37. The average Bonchev–Trinajstić information content (AvgIpc) is 2.27. The second-order valence-corrected chi connectivity index (χ2v) is 5.24. The normalized spacial score (nSPS) is 10.9. The molecule has 0 atom stereocenters. The first-order valence-corrected chi connectivity index (χ1v) is 7.03. The number of methoxy groups -OCH3 is 1. The molecule has 0 spiro atoms. The van der Waals surface area contributed by atoms with E-state index < -0.39 is 27.6 Å². The van der Waals surface area contributed by atoms with E-state index in [-0.39, 0.29) is 18.0 Å². The number of esters is 1. The number of anilines is 1. The monoisotopic (exact) mass is 291 g/mol. The summed E-state index contributed by atoms with van der Waals surface area (Å²) in [5.74, 6) is -2.41. The van der Waals surface area contributed by atoms with Crippen LogP contribution in [0.25, 0.3) is 0 Å². The minimum absolute atomic E-state index is 0.00241. The van der Waals surface area contributed by atoms with Gasteiger partial charge in [-0.05, 0) is 19.1 Å². The highest BCUT2D eigenvalue weighted by Crippen LogP contribution is 2.21. The Bertz CT molecular complexity index is 558. The van der Waals surface area contributed by atoms with Crippen LogP contribution in [-0.2, 0) is 19.6 Å². The van der Waals surface area contributed by atoms with Gasteiger partial charge in [0, 0.05) is 6.07 Å². The molecule has 0 fully saturated rings. The van der Waals surface area contributed by atoms with Crippen molar-refractivity contribution in [2.45, 2.75) is 6.92 Å². The van der Waals surface area contributed by atoms with Crippen molar-refractivity contribution in [1.29, 1.82) is 0 Å². The lowest BCUT2D eigenvalue weighted by Gasteiger charge is -2.09. The van der Waals surface area contributed by atoms with Crippen LogP contribution in [0.15, 0.2) is 18.2 Å². The van der Waals surface area contributed by atoms with Gasteiger partial charge in [0.2, 0.25) is 10.0 Å². The van der Waals surface area contributed by atoms with E-state index in [1.807, 2.05) is 0 Å². The Morgan fingerprint density at radius 2 is 2.11 bits per heavy atom. The summed E-state index contributed by atoms with van der Waals surface area (Å²) < 4.78 is 47.8. The predicted octanol–water partition coefficient (Wildman–Crippen LogP) is 1.14. The molecule has 0 heterocycles. The number of hydrogen-bond donors (Lipinski definition) is 1. The molecule has 0 saturated carbocycles. The van der Waals surface area contributed by atoms with E-state index in [9.17, 15) is 17.6 Å². The predicted molar refractivity (Wildman–Crippen MR) is 67.0 cm³/mol. The van der Waals surface area contributed by atoms with Crippen molar-refractivity contribution in [2.24, 2.45) is 0 Å². The smallest absolute Gasteiger partial charge is 0.323 e. The van der Waals surface area contributed by atoms with Gasteiger partial charge in [-0.15, -0.1) is 0 Å². The lowest BCUT2D eigenvalue weighted by molar-refractivity contribution is -0.139. The molecular weight excluding hydrogens is 277 g/mol. The van der Waals surface area contributed by atoms with Crippen LogP contribution in [-0.4, -0.2) is 33.9 Å². The molecule has 0 aliphatic carbocycles. The summed E-state index contributed by atoms with van der Waals surface area (Å²) in [6.45, 7) is 1.66. The number of sulfonamides is 1. The molecule has 106 valence electrons. The average molecular weight is 291 g/mol. The Morgan fingerprint density at radius 1 is 1.42 bits per heavy atom. The van der Waals surface area contributed by atoms with Gasteiger partial charge in [-0.2, -0.15) is 0 Å². The number of ether oxygens (including phenoxy) is 2. The molecule has 1 aromatic carbocycles. The van der Waals surface area contributed by atoms with Crippen molar-refractivity contribution >= 4 is 21.7 Å². The summed E-state index contributed by atoms with van der Waals surface area (Å²) >= 11 is 0. The number of benzene rings is 1. The molecule has 0 aromatic heterocycles. The third-order valence-electron chi connectivity index (χ3n) is 2.04. The number of rotatable bonds is 6. The third-order valence-corrected chi connectivity index (χ3v) is 3.20. The topological polar surface area (TPSA) is 81.7 Å². The van der Waals surface area contributed by atoms with Gasteiger partial charge >= 0.3 is 5.97 Å². The van der Waals surface area contributed by atoms with Gasteiger partial charge in [0.1, 0.15) is 0 Å². The largest absolute Gasteiger partial charge is 0.494 e. The SMILES string of the molecule is CCOC(=O)CS(=O)(=O)Nc1ccc(OC)c(F)c1. The zero-order valence-corrected chi connectivity index (χ0v) is 11.3. The summed E-state index contributed by atoms with van der Waals surface area (Å²) in [6.07, 6.45) is 0. The first kappa shape index (κ1) is 15.2. The van der Waals surface area contributed by atoms with Crippen molar-refractivity contribution in [3.05, 3.63) is 24.0 Å². The second-order valence-electron chi connectivity index (χ2n) is 3.52. The molecule has 0 unspecified atom stereocenters. The van der Waals surface area contributed by atoms with Crippen molar-refractivity contribution in [3.63, 3.8) is 0 Å². The molecule has 1 aromatic rings. The van der Waals surface area contributed by atoms with E-state index in [0.717, 1.165) is 6.07 Å². The summed E-state index contributed by atoms with van der Waals surface area (Å²) in [7, 11) is -2.63. The van der Waals surface area contributed by atoms with Gasteiger partial charge in [-0.3, -0.25) is 9.52 Å². The molecule has 6 nitrogen and oxygen atoms in total. The van der Waals surface area contributed by atoms with Crippen LogP contribution in [0.1, 0.15) is 6.92 Å². The molecule has 1 rings (SSSR count). The maximum atomic E-state index is 13.4. The van der Waals surface area contributed by atoms with Crippen LogP contribution < -0.4 is 9.46 Å². The molecule has 0 saturated heterocycles. The minimum Gasteiger partial charge on any atom is -0.494 e. The van der Waals surface area contributed by atoms with E-state index in [0.29, 0.717) is 0 Å². The number of carbonyl (C=O) groups excluding carboxylic acids is 1. The Labute approximate surface area is 110 Å². The third kappa shape index (κ3) is 4.74. The fraction of sp³-hybridized carbons (Fsp3) is 0.364. The highest BCUT2D eigenvalue weighted by molar-refractivity contribution is 7.93. The van der Waals surface area contributed by atoms with Crippen molar-refractivity contribution in [1.82, 2.24) is 0 Å². The van der Waals surface area contributed by atoms with Gasteiger partial charge in [-0.1, -0.05) is 0 Å². The van der Waals surface area contributed by atoms with Gasteiger partial charge < -0.3 is 9.47 Å². The van der Waals surface area contributed by atoms with Gasteiger partial charge in [0.25, 0.3) is 0 Å². The fourth-order valence-electron chi connectivity index (χ4n) is 1.30. The van der Waals surface area contributed by atoms with Gasteiger partial charge in [-0.25, -0.2) is 12.8 Å². The summed E-state index contributed by atoms with van der Waals surface area (Å²) in [4.78, 5) is 11.1. The molecule has 0 bridgehead atoms. The van der Waals surface area contributed by atoms with Crippen LogP contribution in [0.5, 0.6) is 5.75 Å². The summed E-state index contributed by atoms with van der Waals surface area (Å²) in [5, 5.41) is 0. The molecule has 8 heteroatoms. The first-order chi connectivity index (χ1) is 8.88. The molecule has 19 heavy (non-hydrogen) atoms. The Kier molecular flexibility index (Phi) is 5.11. The Hall–Kier alpha value is -1.83. The molecule has 0 aliphatic rings. The maximum absolute atomic E-state index is 13.4. The van der Waals surface area contributed by atoms with Crippen LogP contribution >= 0.6 is 0 Å². The molecule has 0 radical (unpaired) electrons. The van der Waals surface area contributed by atoms with Crippen molar-refractivity contribution < 1.29 is 27.1 Å². The highest BCUT2D eigenvalue weighted by atomic mass is 32.2. The Balaban J connectivity index is 2.78. The molecule has 0 amide bonds. The van der Waals surface area contributed by atoms with Gasteiger partial charge in [0.15, 0.2) is 17.3 Å². The zero-order chi connectivity index (χ0) is 14.5. The van der Waals surface area contributed by atoms with E-state index in [1.165, 1.54) is 19.2 Å². The van der Waals surface area contributed by atoms with E-state index in [4.69, 9.17) is 4.74 Å². The number of nitrogens with one attached hydrogen (secondary N) is 1. The van der Waals surface area contributed by atoms with Gasteiger partial charge in [0.05, 0.1) is 19.4 Å². The standard InChI is InChI=1S/C11H14FNO5S/c1-3-18-11(14)7-19(15,16)13-8-4-5-10(17-2)9(12)6-8/h4-6,13H,3,7H2,1-2H3. The highest BCUT2D eigenvalue weighted by Gasteiger charge is 2.18. The van der Waals surface area contributed by atoms with E-state index in [2.05, 4.69) is 9.46 Å². The summed E-state index contributed by atoms with van der Waals surface area (Å²) in [6, 6.07) is 3.56. The van der Waals surface area contributed by atoms with Crippen LogP contribution in [0.2, 0.25) is 0 Å². The lowest BCUT2D eigenvalue weighted by Crippen LogP contribution is -2.24. The number of hydrogen-bond acceptors (Lipinski definition) is 5. The number of halogens is 1. The molecule has 1 N–H and O–H groups in total. The molecule has 0 aliphatic heterocycles. The van der Waals surface area contributed by atoms with E-state index in [1.54, 1.807) is 6.92 Å². The van der Waals surface area contributed by atoms with Crippen LogP contribution in [0, 0.1) is 5.82 Å². The Morgan fingerprint density at radius 3 is 2.63 bits per heavy atom. The van der Waals surface area contributed by atoms with E-state index >= 15 is 0 Å². The number of carbonyl (C=O) groups is 1. The minimum atomic E-state index is -3.92. The van der Waals surface area contributed by atoms with Crippen molar-refractivity contribution in [2.75, 3.05) is 24.2 Å². The van der Waals surface area contributed by atoms with Crippen LogP contribution in [0.3, 0.4) is 0 Å². The molecular formula is C11H14FNO5S. The fourth-order valence-corrected chi connectivity index (χ4v) is 2.26. The quantitative estimate of drug-likeness (QED) is 0.795.